The second-order valence-electron chi connectivity index (χ2n) is 10.1. The van der Waals surface area contributed by atoms with Crippen LogP contribution in [0.25, 0.3) is 0 Å². The maximum absolute atomic E-state index is 13.4. The zero-order chi connectivity index (χ0) is 23.0. The molecule has 0 bridgehead atoms. The van der Waals surface area contributed by atoms with Gasteiger partial charge in [0.15, 0.2) is 0 Å². The zero-order valence-electron chi connectivity index (χ0n) is 20.3. The molecule has 2 aromatic rings. The van der Waals surface area contributed by atoms with E-state index in [1.165, 1.54) is 18.4 Å². The Hall–Kier alpha value is -2.49. The molecule has 0 spiro atoms. The second-order valence-corrected chi connectivity index (χ2v) is 10.1. The highest BCUT2D eigenvalue weighted by Gasteiger charge is 2.33. The van der Waals surface area contributed by atoms with Gasteiger partial charge in [-0.1, -0.05) is 64.4 Å². The van der Waals surface area contributed by atoms with E-state index < -0.39 is 0 Å². The average molecular weight is 437 g/mol. The molecule has 0 heterocycles. The highest BCUT2D eigenvalue weighted by atomic mass is 16.5. The van der Waals surface area contributed by atoms with Crippen LogP contribution in [-0.4, -0.2) is 23.6 Å². The summed E-state index contributed by atoms with van der Waals surface area (Å²) in [6.07, 6.45) is 6.64. The number of urea groups is 1. The average Bonchev–Trinajstić information content (AvgIpc) is 2.79. The molecule has 1 N–H and O–H groups in total. The Balaban J connectivity index is 1.67. The lowest BCUT2D eigenvalue weighted by molar-refractivity contribution is 0.110. The van der Waals surface area contributed by atoms with E-state index in [4.69, 9.17) is 4.74 Å². The van der Waals surface area contributed by atoms with Gasteiger partial charge < -0.3 is 15.0 Å². The monoisotopic (exact) mass is 436 g/mol. The largest absolute Gasteiger partial charge is 0.494 e. The minimum absolute atomic E-state index is 0.0206. The van der Waals surface area contributed by atoms with Crippen LogP contribution in [-0.2, 0) is 6.54 Å². The van der Waals surface area contributed by atoms with Crippen molar-refractivity contribution in [2.75, 3.05) is 11.9 Å². The normalized spacial score (nSPS) is 18.8. The molecular formula is C28H40N2O2. The molecule has 0 radical (unpaired) electrons. The number of nitrogens with zero attached hydrogens (tertiary/aromatic N) is 1. The molecule has 4 heteroatoms. The van der Waals surface area contributed by atoms with E-state index in [2.05, 4.69) is 45.1 Å². The standard InChI is InChI=1S/C28H40N2O2/c1-5-6-20-32-26-18-14-24(15-19-26)29-27(31)30(21-22-10-8-7-9-11-22)25-16-12-23(13-17-25)28(2,3)4/h7-11,14-15,18-19,23,25H,5-6,12-13,16-17,20-21H2,1-4H3,(H,29,31). The summed E-state index contributed by atoms with van der Waals surface area (Å²) in [5.41, 5.74) is 2.30. The van der Waals surface area contributed by atoms with Crippen molar-refractivity contribution >= 4 is 11.7 Å². The first-order chi connectivity index (χ1) is 15.4. The van der Waals surface area contributed by atoms with Crippen molar-refractivity contribution in [3.63, 3.8) is 0 Å². The fourth-order valence-electron chi connectivity index (χ4n) is 4.56. The fourth-order valence-corrected chi connectivity index (χ4v) is 4.56. The number of carbonyl (C=O) groups excluding carboxylic acids is 1. The molecule has 32 heavy (non-hydrogen) atoms. The number of carbonyl (C=O) groups is 1. The molecule has 1 aliphatic rings. The smallest absolute Gasteiger partial charge is 0.322 e. The fraction of sp³-hybridized carbons (Fsp3) is 0.536. The molecule has 1 fully saturated rings. The number of benzene rings is 2. The van der Waals surface area contributed by atoms with Crippen molar-refractivity contribution in [1.82, 2.24) is 4.90 Å². The maximum atomic E-state index is 13.4. The van der Waals surface area contributed by atoms with Crippen LogP contribution in [0.3, 0.4) is 0 Å². The highest BCUT2D eigenvalue weighted by molar-refractivity contribution is 5.89. The Labute approximate surface area is 194 Å². The van der Waals surface area contributed by atoms with Gasteiger partial charge in [-0.05, 0) is 73.3 Å². The number of rotatable bonds is 8. The van der Waals surface area contributed by atoms with E-state index in [1.807, 2.05) is 47.4 Å². The van der Waals surface area contributed by atoms with Crippen molar-refractivity contribution < 1.29 is 9.53 Å². The first-order valence-electron chi connectivity index (χ1n) is 12.2. The minimum atomic E-state index is -0.0206. The number of ether oxygens (including phenoxy) is 1. The Bertz CT molecular complexity index is 819. The van der Waals surface area contributed by atoms with Crippen molar-refractivity contribution in [3.05, 3.63) is 60.2 Å². The molecule has 1 saturated carbocycles. The quantitative estimate of drug-likeness (QED) is 0.435. The van der Waals surface area contributed by atoms with Gasteiger partial charge in [0.25, 0.3) is 0 Å². The predicted octanol–water partition coefficient (Wildman–Crippen LogP) is 7.50. The zero-order valence-corrected chi connectivity index (χ0v) is 20.3. The Kier molecular flexibility index (Phi) is 8.60. The predicted molar refractivity (Wildman–Crippen MR) is 133 cm³/mol. The van der Waals surface area contributed by atoms with Crippen LogP contribution in [0.2, 0.25) is 0 Å². The summed E-state index contributed by atoms with van der Waals surface area (Å²) in [5, 5.41) is 3.13. The lowest BCUT2D eigenvalue weighted by Gasteiger charge is -2.41. The molecule has 2 amide bonds. The summed E-state index contributed by atoms with van der Waals surface area (Å²) in [6.45, 7) is 10.5. The van der Waals surface area contributed by atoms with Crippen molar-refractivity contribution in [1.29, 1.82) is 0 Å². The molecule has 0 unspecified atom stereocenters. The molecule has 0 saturated heterocycles. The first-order valence-corrected chi connectivity index (χ1v) is 12.2. The molecule has 0 aromatic heterocycles. The molecule has 3 rings (SSSR count). The van der Waals surface area contributed by atoms with E-state index in [1.54, 1.807) is 0 Å². The van der Waals surface area contributed by atoms with Gasteiger partial charge in [-0.2, -0.15) is 0 Å². The third kappa shape index (κ3) is 7.01. The lowest BCUT2D eigenvalue weighted by Crippen LogP contribution is -2.45. The molecule has 174 valence electrons. The third-order valence-electron chi connectivity index (χ3n) is 6.69. The maximum Gasteiger partial charge on any atom is 0.322 e. The minimum Gasteiger partial charge on any atom is -0.494 e. The number of anilines is 1. The molecule has 2 aromatic carbocycles. The van der Waals surface area contributed by atoms with Gasteiger partial charge in [-0.25, -0.2) is 4.79 Å². The van der Waals surface area contributed by atoms with Gasteiger partial charge >= 0.3 is 6.03 Å². The van der Waals surface area contributed by atoms with E-state index >= 15 is 0 Å². The third-order valence-corrected chi connectivity index (χ3v) is 6.69. The Morgan fingerprint density at radius 3 is 2.25 bits per heavy atom. The molecule has 0 atom stereocenters. The van der Waals surface area contributed by atoms with Crippen LogP contribution in [0.15, 0.2) is 54.6 Å². The summed E-state index contributed by atoms with van der Waals surface area (Å²) >= 11 is 0. The second kappa shape index (κ2) is 11.4. The van der Waals surface area contributed by atoms with E-state index in [-0.39, 0.29) is 12.1 Å². The molecule has 0 aliphatic heterocycles. The van der Waals surface area contributed by atoms with E-state index in [9.17, 15) is 4.79 Å². The first kappa shape index (κ1) is 24.2. The van der Waals surface area contributed by atoms with Crippen LogP contribution < -0.4 is 10.1 Å². The van der Waals surface area contributed by atoms with Crippen molar-refractivity contribution in [2.24, 2.45) is 11.3 Å². The van der Waals surface area contributed by atoms with Gasteiger partial charge in [0.1, 0.15) is 5.75 Å². The number of hydrogen-bond acceptors (Lipinski definition) is 2. The van der Waals surface area contributed by atoms with Gasteiger partial charge in [-0.15, -0.1) is 0 Å². The summed E-state index contributed by atoms with van der Waals surface area (Å²) in [4.78, 5) is 15.4. The summed E-state index contributed by atoms with van der Waals surface area (Å²) in [5.74, 6) is 1.57. The molecule has 1 aliphatic carbocycles. The van der Waals surface area contributed by atoms with Crippen LogP contribution >= 0.6 is 0 Å². The lowest BCUT2D eigenvalue weighted by atomic mass is 9.71. The Morgan fingerprint density at radius 1 is 1.00 bits per heavy atom. The number of unbranched alkanes of at least 4 members (excludes halogenated alkanes) is 1. The topological polar surface area (TPSA) is 41.6 Å². The van der Waals surface area contributed by atoms with Gasteiger partial charge in [0.2, 0.25) is 0 Å². The SMILES string of the molecule is CCCCOc1ccc(NC(=O)N(Cc2ccccc2)C2CCC(C(C)(C)C)CC2)cc1. The Morgan fingerprint density at radius 2 is 1.66 bits per heavy atom. The van der Waals surface area contributed by atoms with E-state index in [0.29, 0.717) is 12.0 Å². The number of nitrogens with one attached hydrogen (secondary N) is 1. The number of hydrogen-bond donors (Lipinski definition) is 1. The molecular weight excluding hydrogens is 396 g/mol. The van der Waals surface area contributed by atoms with Crippen molar-refractivity contribution in [3.8, 4) is 5.75 Å². The summed E-state index contributed by atoms with van der Waals surface area (Å²) in [6, 6.07) is 18.3. The van der Waals surface area contributed by atoms with Crippen LogP contribution in [0, 0.1) is 11.3 Å². The van der Waals surface area contributed by atoms with E-state index in [0.717, 1.165) is 49.6 Å². The summed E-state index contributed by atoms with van der Waals surface area (Å²) < 4.78 is 5.74. The van der Waals surface area contributed by atoms with Crippen LogP contribution in [0.4, 0.5) is 10.5 Å². The highest BCUT2D eigenvalue weighted by Crippen LogP contribution is 2.39. The van der Waals surface area contributed by atoms with Crippen LogP contribution in [0.1, 0.15) is 71.8 Å². The summed E-state index contributed by atoms with van der Waals surface area (Å²) in [7, 11) is 0. The molecule has 4 nitrogen and oxygen atoms in total. The van der Waals surface area contributed by atoms with Crippen molar-refractivity contribution in [2.45, 2.75) is 78.8 Å². The van der Waals surface area contributed by atoms with Gasteiger partial charge in [-0.3, -0.25) is 0 Å². The van der Waals surface area contributed by atoms with Crippen LogP contribution in [0.5, 0.6) is 5.75 Å². The van der Waals surface area contributed by atoms with Gasteiger partial charge in [0.05, 0.1) is 6.61 Å². The number of amides is 2. The van der Waals surface area contributed by atoms with Gasteiger partial charge in [0, 0.05) is 18.3 Å².